The number of sulfonamides is 1. The summed E-state index contributed by atoms with van der Waals surface area (Å²) in [5.41, 5.74) is 2.52. The molecule has 0 heterocycles. The minimum Gasteiger partial charge on any atom is -0.357 e. The van der Waals surface area contributed by atoms with Crippen LogP contribution in [0.3, 0.4) is 0 Å². The molecule has 1 atom stereocenters. The highest BCUT2D eigenvalue weighted by Gasteiger charge is 2.29. The Labute approximate surface area is 191 Å². The van der Waals surface area contributed by atoms with Gasteiger partial charge in [-0.15, -0.1) is 0 Å². The minimum absolute atomic E-state index is 0.293. The number of carbonyl (C=O) groups is 2. The predicted octanol–water partition coefficient (Wildman–Crippen LogP) is 2.78. The molecule has 174 valence electrons. The molecule has 8 heteroatoms. The fourth-order valence-electron chi connectivity index (χ4n) is 3.42. The number of rotatable bonds is 10. The zero-order valence-corrected chi connectivity index (χ0v) is 20.2. The Morgan fingerprint density at radius 1 is 0.969 bits per heavy atom. The van der Waals surface area contributed by atoms with Crippen LogP contribution in [0.15, 0.2) is 54.6 Å². The van der Waals surface area contributed by atoms with Gasteiger partial charge in [0.15, 0.2) is 0 Å². The molecular formula is C24H33N3O4S. The van der Waals surface area contributed by atoms with E-state index in [1.54, 1.807) is 19.1 Å². The molecule has 7 nitrogen and oxygen atoms in total. The molecule has 1 N–H and O–H groups in total. The summed E-state index contributed by atoms with van der Waals surface area (Å²) < 4.78 is 26.1. The lowest BCUT2D eigenvalue weighted by Gasteiger charge is -2.31. The molecule has 2 rings (SSSR count). The SMILES string of the molecule is CNC(=O)C(C)N(CCc1ccccc1)C(=O)CN(c1ccc(C(C)C)cc1)S(C)(=O)=O. The highest BCUT2D eigenvalue weighted by Crippen LogP contribution is 2.22. The van der Waals surface area contributed by atoms with Crippen molar-refractivity contribution in [3.63, 3.8) is 0 Å². The normalized spacial score (nSPS) is 12.3. The number of hydrogen-bond donors (Lipinski definition) is 1. The summed E-state index contributed by atoms with van der Waals surface area (Å²) in [7, 11) is -2.20. The zero-order chi connectivity index (χ0) is 23.9. The fraction of sp³-hybridized carbons (Fsp3) is 0.417. The fourth-order valence-corrected chi connectivity index (χ4v) is 4.27. The number of carbonyl (C=O) groups excluding carboxylic acids is 2. The predicted molar refractivity (Wildman–Crippen MR) is 128 cm³/mol. The Hall–Kier alpha value is -2.87. The molecule has 0 spiro atoms. The van der Waals surface area contributed by atoms with E-state index >= 15 is 0 Å². The average molecular weight is 460 g/mol. The van der Waals surface area contributed by atoms with Crippen molar-refractivity contribution in [1.82, 2.24) is 10.2 Å². The molecule has 2 aromatic carbocycles. The standard InChI is InChI=1S/C24H33N3O4S/c1-18(2)21-11-13-22(14-12-21)27(32(5,30)31)17-23(28)26(19(3)24(29)25-4)16-15-20-9-7-6-8-10-20/h6-14,18-19H,15-17H2,1-5H3,(H,25,29). The smallest absolute Gasteiger partial charge is 0.244 e. The van der Waals surface area contributed by atoms with E-state index in [-0.39, 0.29) is 12.5 Å². The number of benzene rings is 2. The molecule has 0 aliphatic carbocycles. The Bertz CT molecular complexity index is 1010. The van der Waals surface area contributed by atoms with Crippen molar-refractivity contribution in [2.75, 3.05) is 30.7 Å². The average Bonchev–Trinajstić information content (AvgIpc) is 2.76. The zero-order valence-electron chi connectivity index (χ0n) is 19.4. The minimum atomic E-state index is -3.71. The van der Waals surface area contributed by atoms with E-state index in [4.69, 9.17) is 0 Å². The summed E-state index contributed by atoms with van der Waals surface area (Å²) in [6, 6.07) is 16.0. The third kappa shape index (κ3) is 6.82. The molecule has 0 aromatic heterocycles. The number of nitrogens with zero attached hydrogens (tertiary/aromatic N) is 2. The molecule has 32 heavy (non-hydrogen) atoms. The first-order valence-corrected chi connectivity index (χ1v) is 12.5. The maximum absolute atomic E-state index is 13.3. The topological polar surface area (TPSA) is 86.8 Å². The Morgan fingerprint density at radius 2 is 1.56 bits per heavy atom. The maximum Gasteiger partial charge on any atom is 0.244 e. The van der Waals surface area contributed by atoms with Crippen LogP contribution in [0.1, 0.15) is 37.8 Å². The van der Waals surface area contributed by atoms with E-state index in [1.807, 2.05) is 42.5 Å². The molecular weight excluding hydrogens is 426 g/mol. The van der Waals surface area contributed by atoms with E-state index in [2.05, 4.69) is 19.2 Å². The second-order valence-corrected chi connectivity index (χ2v) is 10.0. The van der Waals surface area contributed by atoms with Crippen LogP contribution in [0.5, 0.6) is 0 Å². The van der Waals surface area contributed by atoms with Gasteiger partial charge >= 0.3 is 0 Å². The van der Waals surface area contributed by atoms with Gasteiger partial charge in [-0.2, -0.15) is 0 Å². The van der Waals surface area contributed by atoms with Gasteiger partial charge in [-0.25, -0.2) is 8.42 Å². The summed E-state index contributed by atoms with van der Waals surface area (Å²) in [6.45, 7) is 5.66. The molecule has 0 aliphatic heterocycles. The summed E-state index contributed by atoms with van der Waals surface area (Å²) in [5.74, 6) is -0.437. The highest BCUT2D eigenvalue weighted by molar-refractivity contribution is 7.92. The molecule has 2 amide bonds. The molecule has 2 aromatic rings. The van der Waals surface area contributed by atoms with Crippen LogP contribution >= 0.6 is 0 Å². The molecule has 0 fully saturated rings. The van der Waals surface area contributed by atoms with Gasteiger partial charge < -0.3 is 10.2 Å². The van der Waals surface area contributed by atoms with Gasteiger partial charge in [-0.3, -0.25) is 13.9 Å². The van der Waals surface area contributed by atoms with Crippen molar-refractivity contribution in [1.29, 1.82) is 0 Å². The third-order valence-corrected chi connectivity index (χ3v) is 6.57. The van der Waals surface area contributed by atoms with E-state index in [0.29, 0.717) is 24.6 Å². The van der Waals surface area contributed by atoms with Crippen molar-refractivity contribution < 1.29 is 18.0 Å². The van der Waals surface area contributed by atoms with Crippen LogP contribution in [-0.4, -0.2) is 57.6 Å². The number of hydrogen-bond acceptors (Lipinski definition) is 4. The summed E-state index contributed by atoms with van der Waals surface area (Å²) in [4.78, 5) is 27.0. The summed E-state index contributed by atoms with van der Waals surface area (Å²) in [5, 5.41) is 2.57. The summed E-state index contributed by atoms with van der Waals surface area (Å²) >= 11 is 0. The van der Waals surface area contributed by atoms with Crippen molar-refractivity contribution in [2.45, 2.75) is 39.2 Å². The van der Waals surface area contributed by atoms with E-state index in [1.165, 1.54) is 11.9 Å². The Kier molecular flexibility index (Phi) is 8.83. The Balaban J connectivity index is 2.29. The molecule has 1 unspecified atom stereocenters. The van der Waals surface area contributed by atoms with Crippen molar-refractivity contribution >= 4 is 27.5 Å². The maximum atomic E-state index is 13.3. The van der Waals surface area contributed by atoms with Gasteiger partial charge in [-0.1, -0.05) is 56.3 Å². The van der Waals surface area contributed by atoms with Crippen LogP contribution in [0.2, 0.25) is 0 Å². The number of likely N-dealkylation sites (N-methyl/N-ethyl adjacent to an activating group) is 1. The van der Waals surface area contributed by atoms with Crippen molar-refractivity contribution in [3.8, 4) is 0 Å². The lowest BCUT2D eigenvalue weighted by Crippen LogP contribution is -2.51. The van der Waals surface area contributed by atoms with Gasteiger partial charge in [0.1, 0.15) is 12.6 Å². The monoisotopic (exact) mass is 459 g/mol. The number of amides is 2. The molecule has 0 saturated carbocycles. The quantitative estimate of drug-likeness (QED) is 0.592. The lowest BCUT2D eigenvalue weighted by atomic mass is 10.0. The van der Waals surface area contributed by atoms with E-state index < -0.39 is 22.0 Å². The number of anilines is 1. The van der Waals surface area contributed by atoms with Crippen LogP contribution < -0.4 is 9.62 Å². The van der Waals surface area contributed by atoms with Gasteiger partial charge in [-0.05, 0) is 42.5 Å². The summed E-state index contributed by atoms with van der Waals surface area (Å²) in [6.07, 6.45) is 1.63. The number of nitrogens with one attached hydrogen (secondary N) is 1. The van der Waals surface area contributed by atoms with E-state index in [9.17, 15) is 18.0 Å². The largest absolute Gasteiger partial charge is 0.357 e. The van der Waals surface area contributed by atoms with Gasteiger partial charge in [0.05, 0.1) is 11.9 Å². The Morgan fingerprint density at radius 3 is 2.06 bits per heavy atom. The molecule has 0 aliphatic rings. The van der Waals surface area contributed by atoms with Gasteiger partial charge in [0.25, 0.3) is 0 Å². The van der Waals surface area contributed by atoms with Crippen LogP contribution in [0.4, 0.5) is 5.69 Å². The van der Waals surface area contributed by atoms with Gasteiger partial charge in [0.2, 0.25) is 21.8 Å². The van der Waals surface area contributed by atoms with Crippen LogP contribution in [0, 0.1) is 0 Å². The first kappa shape index (κ1) is 25.4. The van der Waals surface area contributed by atoms with E-state index in [0.717, 1.165) is 21.7 Å². The molecule has 0 radical (unpaired) electrons. The third-order valence-electron chi connectivity index (χ3n) is 5.42. The van der Waals surface area contributed by atoms with Crippen molar-refractivity contribution in [3.05, 3.63) is 65.7 Å². The first-order chi connectivity index (χ1) is 15.0. The lowest BCUT2D eigenvalue weighted by molar-refractivity contribution is -0.138. The highest BCUT2D eigenvalue weighted by atomic mass is 32.2. The second-order valence-electron chi connectivity index (χ2n) is 8.13. The first-order valence-electron chi connectivity index (χ1n) is 10.7. The van der Waals surface area contributed by atoms with Gasteiger partial charge in [0, 0.05) is 13.6 Å². The van der Waals surface area contributed by atoms with Crippen LogP contribution in [-0.2, 0) is 26.0 Å². The van der Waals surface area contributed by atoms with Crippen LogP contribution in [0.25, 0.3) is 0 Å². The molecule has 0 bridgehead atoms. The molecule has 0 saturated heterocycles. The second kappa shape index (κ2) is 11.1. The van der Waals surface area contributed by atoms with Crippen molar-refractivity contribution in [2.24, 2.45) is 0 Å².